The van der Waals surface area contributed by atoms with E-state index in [0.717, 1.165) is 22.4 Å². The highest BCUT2D eigenvalue weighted by atomic mass is 16.3. The molecular formula is C17H11N7O. The number of tetrazole rings is 1. The van der Waals surface area contributed by atoms with E-state index in [1.807, 2.05) is 54.6 Å². The number of rotatable bonds is 4. The van der Waals surface area contributed by atoms with Crippen molar-refractivity contribution in [1.82, 2.24) is 25.6 Å². The summed E-state index contributed by atoms with van der Waals surface area (Å²) in [6.07, 6.45) is 1.53. The van der Waals surface area contributed by atoms with Crippen LogP contribution in [0.2, 0.25) is 0 Å². The summed E-state index contributed by atoms with van der Waals surface area (Å²) < 4.78 is 5.75. The molecule has 0 atom stereocenters. The van der Waals surface area contributed by atoms with Crippen molar-refractivity contribution in [3.8, 4) is 17.5 Å². The lowest BCUT2D eigenvalue weighted by Crippen LogP contribution is -1.93. The van der Waals surface area contributed by atoms with Crippen LogP contribution in [-0.2, 0) is 0 Å². The summed E-state index contributed by atoms with van der Waals surface area (Å²) in [7, 11) is 0. The van der Waals surface area contributed by atoms with Crippen molar-refractivity contribution in [2.75, 3.05) is 5.32 Å². The van der Waals surface area contributed by atoms with E-state index in [9.17, 15) is 0 Å². The smallest absolute Gasteiger partial charge is 0.227 e. The van der Waals surface area contributed by atoms with Crippen LogP contribution in [0.25, 0.3) is 28.1 Å². The Morgan fingerprint density at radius 3 is 2.72 bits per heavy atom. The minimum absolute atomic E-state index is 0.234. The molecule has 2 aromatic carbocycles. The van der Waals surface area contributed by atoms with E-state index >= 15 is 0 Å². The molecule has 0 fully saturated rings. The number of nitrogens with one attached hydrogen (secondary N) is 2. The highest BCUT2D eigenvalue weighted by Crippen LogP contribution is 2.25. The van der Waals surface area contributed by atoms with Gasteiger partial charge >= 0.3 is 0 Å². The van der Waals surface area contributed by atoms with Crippen LogP contribution in [0.3, 0.4) is 0 Å². The van der Waals surface area contributed by atoms with Crippen molar-refractivity contribution in [2.24, 2.45) is 0 Å². The normalized spacial score (nSPS) is 11.4. The third-order valence-electron chi connectivity index (χ3n) is 3.52. The predicted molar refractivity (Wildman–Crippen MR) is 90.8 cm³/mol. The highest BCUT2D eigenvalue weighted by molar-refractivity contribution is 5.77. The molecule has 25 heavy (non-hydrogen) atoms. The summed E-state index contributed by atoms with van der Waals surface area (Å²) in [6, 6.07) is 17.2. The lowest BCUT2D eigenvalue weighted by molar-refractivity contribution is 0.620. The summed E-state index contributed by atoms with van der Waals surface area (Å²) in [5.41, 5.74) is 3.51. The van der Waals surface area contributed by atoms with Gasteiger partial charge in [0.05, 0.1) is 0 Å². The van der Waals surface area contributed by atoms with Gasteiger partial charge in [0, 0.05) is 17.5 Å². The van der Waals surface area contributed by atoms with Gasteiger partial charge in [-0.1, -0.05) is 12.1 Å². The molecule has 2 heterocycles. The zero-order chi connectivity index (χ0) is 17.1. The van der Waals surface area contributed by atoms with E-state index in [-0.39, 0.29) is 11.4 Å². The van der Waals surface area contributed by atoms with Crippen LogP contribution >= 0.6 is 0 Å². The number of oxazole rings is 1. The van der Waals surface area contributed by atoms with Crippen LogP contribution in [0.5, 0.6) is 0 Å². The largest absolute Gasteiger partial charge is 0.436 e. The first-order valence-corrected chi connectivity index (χ1v) is 7.40. The van der Waals surface area contributed by atoms with Crippen molar-refractivity contribution in [2.45, 2.75) is 0 Å². The number of aromatic nitrogens is 5. The number of fused-ring (bicyclic) bond motifs is 1. The fourth-order valence-corrected chi connectivity index (χ4v) is 2.28. The number of H-pyrrole nitrogens is 1. The maximum atomic E-state index is 9.14. The van der Waals surface area contributed by atoms with Crippen molar-refractivity contribution in [3.63, 3.8) is 0 Å². The van der Waals surface area contributed by atoms with Crippen molar-refractivity contribution in [3.05, 3.63) is 60.6 Å². The average Bonchev–Trinajstić information content (AvgIpc) is 3.32. The van der Waals surface area contributed by atoms with Gasteiger partial charge in [0.2, 0.25) is 11.7 Å². The van der Waals surface area contributed by atoms with Crippen LogP contribution in [0, 0.1) is 11.3 Å². The number of hydrogen-bond donors (Lipinski definition) is 2. The van der Waals surface area contributed by atoms with Crippen molar-refractivity contribution >= 4 is 22.4 Å². The van der Waals surface area contributed by atoms with Gasteiger partial charge in [-0.2, -0.15) is 10.5 Å². The molecule has 0 aliphatic carbocycles. The van der Waals surface area contributed by atoms with E-state index < -0.39 is 0 Å². The van der Waals surface area contributed by atoms with Crippen LogP contribution in [0.15, 0.2) is 59.1 Å². The van der Waals surface area contributed by atoms with Crippen LogP contribution in [-0.4, -0.2) is 25.6 Å². The monoisotopic (exact) mass is 329 g/mol. The maximum absolute atomic E-state index is 9.14. The van der Waals surface area contributed by atoms with Gasteiger partial charge in [-0.15, -0.1) is 10.2 Å². The Balaban J connectivity index is 1.55. The van der Waals surface area contributed by atoms with Gasteiger partial charge in [0.25, 0.3) is 0 Å². The Morgan fingerprint density at radius 1 is 1.16 bits per heavy atom. The SMILES string of the molecule is N#CC(=CNc1ccc(-c2nc3ccccc3o2)cc1)c1nn[nH]n1. The van der Waals surface area contributed by atoms with Crippen LogP contribution in [0.4, 0.5) is 5.69 Å². The van der Waals surface area contributed by atoms with Crippen molar-refractivity contribution in [1.29, 1.82) is 5.26 Å². The molecule has 2 N–H and O–H groups in total. The Hall–Kier alpha value is -3.99. The Kier molecular flexibility index (Phi) is 3.65. The third kappa shape index (κ3) is 2.94. The van der Waals surface area contributed by atoms with Gasteiger partial charge in [0.1, 0.15) is 17.2 Å². The van der Waals surface area contributed by atoms with E-state index in [4.69, 9.17) is 9.68 Å². The number of benzene rings is 2. The molecule has 0 radical (unpaired) electrons. The summed E-state index contributed by atoms with van der Waals surface area (Å²) in [5.74, 6) is 0.797. The standard InChI is InChI=1S/C17H11N7O/c18-9-12(16-21-23-24-22-16)10-19-13-7-5-11(6-8-13)17-20-14-3-1-2-4-15(14)25-17/h1-8,10,19H,(H,21,22,23,24). The Morgan fingerprint density at radius 2 is 2.00 bits per heavy atom. The summed E-state index contributed by atoms with van der Waals surface area (Å²) >= 11 is 0. The molecule has 8 nitrogen and oxygen atoms in total. The van der Waals surface area contributed by atoms with Gasteiger partial charge in [0.15, 0.2) is 5.58 Å². The second kappa shape index (κ2) is 6.25. The molecule has 4 rings (SSSR count). The lowest BCUT2D eigenvalue weighted by Gasteiger charge is -2.02. The van der Waals surface area contributed by atoms with Gasteiger partial charge in [-0.25, -0.2) is 4.98 Å². The predicted octanol–water partition coefficient (Wildman–Crippen LogP) is 2.98. The van der Waals surface area contributed by atoms with E-state index in [1.165, 1.54) is 6.20 Å². The van der Waals surface area contributed by atoms with E-state index in [1.54, 1.807) is 0 Å². The fraction of sp³-hybridized carbons (Fsp3) is 0. The van der Waals surface area contributed by atoms with Gasteiger partial charge < -0.3 is 9.73 Å². The Labute approximate surface area is 141 Å². The zero-order valence-electron chi connectivity index (χ0n) is 12.8. The first kappa shape index (κ1) is 14.6. The number of nitriles is 1. The van der Waals surface area contributed by atoms with E-state index in [0.29, 0.717) is 5.89 Å². The number of anilines is 1. The molecule has 0 spiro atoms. The number of hydrogen-bond acceptors (Lipinski definition) is 7. The second-order valence-electron chi connectivity index (χ2n) is 5.11. The molecule has 8 heteroatoms. The quantitative estimate of drug-likeness (QED) is 0.553. The topological polar surface area (TPSA) is 116 Å². The zero-order valence-corrected chi connectivity index (χ0v) is 12.8. The summed E-state index contributed by atoms with van der Waals surface area (Å²) in [6.45, 7) is 0. The lowest BCUT2D eigenvalue weighted by atomic mass is 10.2. The summed E-state index contributed by atoms with van der Waals surface area (Å²) in [4.78, 5) is 4.46. The fourth-order valence-electron chi connectivity index (χ4n) is 2.28. The minimum Gasteiger partial charge on any atom is -0.436 e. The number of aromatic amines is 1. The molecule has 0 amide bonds. The molecule has 0 aliphatic heterocycles. The molecule has 0 unspecified atom stereocenters. The molecular weight excluding hydrogens is 318 g/mol. The molecule has 0 saturated heterocycles. The number of allylic oxidation sites excluding steroid dienone is 1. The van der Waals surface area contributed by atoms with Gasteiger partial charge in [-0.05, 0) is 41.6 Å². The third-order valence-corrected chi connectivity index (χ3v) is 3.52. The molecule has 0 aliphatic rings. The average molecular weight is 329 g/mol. The van der Waals surface area contributed by atoms with E-state index in [2.05, 4.69) is 30.9 Å². The van der Waals surface area contributed by atoms with Crippen molar-refractivity contribution < 1.29 is 4.42 Å². The highest BCUT2D eigenvalue weighted by Gasteiger charge is 2.08. The molecule has 120 valence electrons. The van der Waals surface area contributed by atoms with Crippen LogP contribution in [0.1, 0.15) is 5.82 Å². The second-order valence-corrected chi connectivity index (χ2v) is 5.11. The van der Waals surface area contributed by atoms with Crippen LogP contribution < -0.4 is 5.32 Å². The minimum atomic E-state index is 0.234. The number of nitrogens with zero attached hydrogens (tertiary/aromatic N) is 5. The Bertz CT molecular complexity index is 1040. The summed E-state index contributed by atoms with van der Waals surface area (Å²) in [5, 5.41) is 25.5. The number of para-hydroxylation sites is 2. The molecule has 2 aromatic heterocycles. The first-order valence-electron chi connectivity index (χ1n) is 7.40. The first-order chi connectivity index (χ1) is 12.3. The molecule has 4 aromatic rings. The maximum Gasteiger partial charge on any atom is 0.227 e. The molecule has 0 saturated carbocycles. The molecule has 0 bridgehead atoms. The van der Waals surface area contributed by atoms with Gasteiger partial charge in [-0.3, -0.25) is 0 Å².